The van der Waals surface area contributed by atoms with Crippen LogP contribution in [0.15, 0.2) is 72.8 Å². The van der Waals surface area contributed by atoms with Crippen molar-refractivity contribution in [3.05, 3.63) is 105 Å². The van der Waals surface area contributed by atoms with E-state index in [9.17, 15) is 40.3 Å². The molecule has 2 saturated heterocycles. The van der Waals surface area contributed by atoms with E-state index >= 15 is 0 Å². The molecule has 0 saturated carbocycles. The number of hydrogen-bond donors (Lipinski definition) is 1. The highest BCUT2D eigenvalue weighted by atomic mass is 35.5. The molecule has 3 aromatic carbocycles. The standard InChI is InChI=1S/C37H39Cl2F4N3O2.C2HF3O2/c38-33-12-11-32(25-34(33)39)46(19-1-18-44-20-14-28(15-21-44)24-27-4-9-31(40)10-5-27)36(48)29-16-22-45(23-17-29)35(47)13-6-26-2-7-30(8-3-26)37(41,42)43;3-2(4,5)1(6)7/h2-13,25,28-29H,1,14-24H2;(H,6,7). The number of likely N-dealkylation sites (tertiary alicyclic amines) is 2. The van der Waals surface area contributed by atoms with Gasteiger partial charge in [-0.2, -0.15) is 26.3 Å². The molecule has 0 spiro atoms. The lowest BCUT2D eigenvalue weighted by Gasteiger charge is -2.35. The van der Waals surface area contributed by atoms with Crippen molar-refractivity contribution in [2.24, 2.45) is 11.8 Å². The Hall–Kier alpha value is -4.14. The van der Waals surface area contributed by atoms with Crippen LogP contribution in [0, 0.1) is 17.7 Å². The molecule has 0 bridgehead atoms. The van der Waals surface area contributed by atoms with Crippen molar-refractivity contribution in [3.63, 3.8) is 0 Å². The Morgan fingerprint density at radius 1 is 0.818 bits per heavy atom. The van der Waals surface area contributed by atoms with Gasteiger partial charge >= 0.3 is 18.3 Å². The summed E-state index contributed by atoms with van der Waals surface area (Å²) in [4.78, 5) is 41.5. The minimum absolute atomic E-state index is 0.0150. The fourth-order valence-corrected chi connectivity index (χ4v) is 6.76. The average molecular weight is 819 g/mol. The maximum atomic E-state index is 13.9. The Bertz CT molecular complexity index is 1770. The summed E-state index contributed by atoms with van der Waals surface area (Å²) in [5.74, 6) is -2.94. The lowest BCUT2D eigenvalue weighted by Crippen LogP contribution is -2.45. The summed E-state index contributed by atoms with van der Waals surface area (Å²) >= 11 is 12.5. The van der Waals surface area contributed by atoms with Gasteiger partial charge in [0.05, 0.1) is 15.6 Å². The van der Waals surface area contributed by atoms with Gasteiger partial charge in [-0.05, 0) is 124 Å². The van der Waals surface area contributed by atoms with Crippen LogP contribution in [0.2, 0.25) is 10.0 Å². The second-order valence-corrected chi connectivity index (χ2v) is 14.2. The number of carbonyl (C=O) groups is 3. The Kier molecular flexibility index (Phi) is 15.6. The highest BCUT2D eigenvalue weighted by Gasteiger charge is 2.38. The van der Waals surface area contributed by atoms with E-state index in [1.807, 2.05) is 12.1 Å². The predicted octanol–water partition coefficient (Wildman–Crippen LogP) is 9.41. The van der Waals surface area contributed by atoms with E-state index in [0.717, 1.165) is 63.0 Å². The molecule has 1 N–H and O–H groups in total. The van der Waals surface area contributed by atoms with Gasteiger partial charge in [0.2, 0.25) is 11.8 Å². The smallest absolute Gasteiger partial charge is 0.475 e. The number of rotatable bonds is 10. The van der Waals surface area contributed by atoms with Crippen LogP contribution in [0.5, 0.6) is 0 Å². The third-order valence-corrected chi connectivity index (χ3v) is 10.3. The molecule has 3 aromatic rings. The van der Waals surface area contributed by atoms with Crippen LogP contribution >= 0.6 is 23.2 Å². The van der Waals surface area contributed by atoms with Crippen LogP contribution in [-0.4, -0.2) is 78.1 Å². The Morgan fingerprint density at radius 2 is 1.42 bits per heavy atom. The van der Waals surface area contributed by atoms with Crippen molar-refractivity contribution < 1.29 is 50.2 Å². The number of anilines is 1. The van der Waals surface area contributed by atoms with E-state index < -0.39 is 23.9 Å². The van der Waals surface area contributed by atoms with Gasteiger partial charge in [-0.25, -0.2) is 9.18 Å². The number of piperidine rings is 2. The van der Waals surface area contributed by atoms with Gasteiger partial charge in [0.25, 0.3) is 0 Å². The first kappa shape index (κ1) is 43.6. The SMILES string of the molecule is O=C(C=Cc1ccc(C(F)(F)F)cc1)N1CCC(C(=O)N(CCCN2CCC(Cc3ccc(F)cc3)CC2)c2ccc(Cl)c(Cl)c2)CC1.O=C(O)C(F)(F)F. The van der Waals surface area contributed by atoms with Gasteiger partial charge in [0.15, 0.2) is 0 Å². The van der Waals surface area contributed by atoms with Gasteiger partial charge in [-0.1, -0.05) is 47.5 Å². The topological polar surface area (TPSA) is 81.2 Å². The van der Waals surface area contributed by atoms with E-state index in [1.165, 1.54) is 36.4 Å². The third-order valence-electron chi connectivity index (χ3n) is 9.54. The van der Waals surface area contributed by atoms with Crippen LogP contribution in [0.4, 0.5) is 36.4 Å². The molecular weight excluding hydrogens is 778 g/mol. The van der Waals surface area contributed by atoms with Crippen molar-refractivity contribution in [3.8, 4) is 0 Å². The van der Waals surface area contributed by atoms with Gasteiger partial charge in [-0.3, -0.25) is 9.59 Å². The molecule has 2 aliphatic rings. The van der Waals surface area contributed by atoms with Crippen LogP contribution in [0.25, 0.3) is 6.08 Å². The zero-order valence-electron chi connectivity index (χ0n) is 29.6. The van der Waals surface area contributed by atoms with Gasteiger partial charge in [-0.15, -0.1) is 0 Å². The molecule has 2 amide bonds. The highest BCUT2D eigenvalue weighted by Crippen LogP contribution is 2.31. The summed E-state index contributed by atoms with van der Waals surface area (Å²) in [6, 6.07) is 16.6. The molecule has 2 fully saturated rings. The van der Waals surface area contributed by atoms with Gasteiger partial charge in [0, 0.05) is 37.3 Å². The van der Waals surface area contributed by atoms with E-state index in [0.29, 0.717) is 59.7 Å². The largest absolute Gasteiger partial charge is 0.490 e. The van der Waals surface area contributed by atoms with Gasteiger partial charge in [0.1, 0.15) is 5.82 Å². The number of alkyl halides is 6. The van der Waals surface area contributed by atoms with E-state index in [4.69, 9.17) is 33.1 Å². The summed E-state index contributed by atoms with van der Waals surface area (Å²) < 4.78 is 83.5. The van der Waals surface area contributed by atoms with E-state index in [2.05, 4.69) is 4.90 Å². The fraction of sp³-hybridized carbons (Fsp3) is 0.410. The van der Waals surface area contributed by atoms with Crippen molar-refractivity contribution in [1.82, 2.24) is 9.80 Å². The van der Waals surface area contributed by atoms with Crippen molar-refractivity contribution >= 4 is 52.7 Å². The molecule has 0 aromatic heterocycles. The summed E-state index contributed by atoms with van der Waals surface area (Å²) in [6.07, 6.45) is -1.77. The van der Waals surface area contributed by atoms with Crippen LogP contribution in [0.1, 0.15) is 48.8 Å². The number of nitrogens with zero attached hydrogens (tertiary/aromatic N) is 3. The minimum Gasteiger partial charge on any atom is -0.475 e. The van der Waals surface area contributed by atoms with Crippen LogP contribution in [-0.2, 0) is 27.0 Å². The number of halogens is 9. The summed E-state index contributed by atoms with van der Waals surface area (Å²) in [7, 11) is 0. The van der Waals surface area contributed by atoms with E-state index in [-0.39, 0.29) is 23.5 Å². The quantitative estimate of drug-likeness (QED) is 0.163. The number of amides is 2. The molecule has 0 aliphatic carbocycles. The Labute approximate surface area is 324 Å². The van der Waals surface area contributed by atoms with Crippen molar-refractivity contribution in [1.29, 1.82) is 0 Å². The maximum Gasteiger partial charge on any atom is 0.490 e. The second kappa shape index (κ2) is 19.6. The number of carboxylic acid groups (broad SMARTS) is 1. The lowest BCUT2D eigenvalue weighted by molar-refractivity contribution is -0.192. The molecule has 7 nitrogen and oxygen atoms in total. The molecule has 5 rings (SSSR count). The lowest BCUT2D eigenvalue weighted by atomic mass is 9.90. The minimum atomic E-state index is -5.08. The molecule has 298 valence electrons. The van der Waals surface area contributed by atoms with Gasteiger partial charge < -0.3 is 19.8 Å². The highest BCUT2D eigenvalue weighted by molar-refractivity contribution is 6.42. The molecule has 2 aliphatic heterocycles. The third kappa shape index (κ3) is 13.5. The first-order valence-electron chi connectivity index (χ1n) is 17.6. The Morgan fingerprint density at radius 3 is 1.96 bits per heavy atom. The Balaban J connectivity index is 0.000000876. The molecule has 0 unspecified atom stereocenters. The van der Waals surface area contributed by atoms with Crippen molar-refractivity contribution in [2.45, 2.75) is 50.9 Å². The average Bonchev–Trinajstić information content (AvgIpc) is 3.15. The maximum absolute atomic E-state index is 13.9. The number of benzene rings is 3. The summed E-state index contributed by atoms with van der Waals surface area (Å²) in [5, 5.41) is 7.91. The molecular formula is C39H40Cl2F7N3O4. The first-order valence-corrected chi connectivity index (χ1v) is 18.3. The second-order valence-electron chi connectivity index (χ2n) is 13.4. The summed E-state index contributed by atoms with van der Waals surface area (Å²) in [6.45, 7) is 4.12. The fourth-order valence-electron chi connectivity index (χ4n) is 6.46. The zero-order valence-corrected chi connectivity index (χ0v) is 31.1. The normalized spacial score (nSPS) is 16.1. The van der Waals surface area contributed by atoms with Crippen molar-refractivity contribution in [2.75, 3.05) is 44.2 Å². The molecule has 2 heterocycles. The van der Waals surface area contributed by atoms with Crippen LogP contribution in [0.3, 0.4) is 0 Å². The number of aliphatic carboxylic acids is 1. The molecule has 16 heteroatoms. The zero-order chi connectivity index (χ0) is 40.3. The number of hydrogen-bond acceptors (Lipinski definition) is 4. The van der Waals surface area contributed by atoms with Crippen LogP contribution < -0.4 is 4.90 Å². The molecule has 55 heavy (non-hydrogen) atoms. The molecule has 0 atom stereocenters. The molecule has 0 radical (unpaired) electrons. The first-order chi connectivity index (χ1) is 25.9. The van der Waals surface area contributed by atoms with E-state index in [1.54, 1.807) is 28.0 Å². The monoisotopic (exact) mass is 817 g/mol. The predicted molar refractivity (Wildman–Crippen MR) is 196 cm³/mol. The number of carbonyl (C=O) groups excluding carboxylic acids is 2. The summed E-state index contributed by atoms with van der Waals surface area (Å²) in [5.41, 5.74) is 1.60. The number of carboxylic acids is 1.